The van der Waals surface area contributed by atoms with Gasteiger partial charge in [-0.3, -0.25) is 9.69 Å². The Morgan fingerprint density at radius 3 is 2.64 bits per heavy atom. The number of ether oxygens (including phenoxy) is 1. The first-order valence-electron chi connectivity index (χ1n) is 10.8. The van der Waals surface area contributed by atoms with Crippen molar-refractivity contribution >= 4 is 16.7 Å². The second-order valence-corrected chi connectivity index (χ2v) is 8.39. The number of nitrogens with zero attached hydrogens (tertiary/aromatic N) is 2. The van der Waals surface area contributed by atoms with Crippen LogP contribution >= 0.6 is 0 Å². The van der Waals surface area contributed by atoms with Crippen LogP contribution in [0.1, 0.15) is 44.1 Å². The van der Waals surface area contributed by atoms with Gasteiger partial charge in [-0.1, -0.05) is 49.2 Å². The molecule has 2 fully saturated rings. The lowest BCUT2D eigenvalue weighted by Crippen LogP contribution is -2.54. The Morgan fingerprint density at radius 1 is 1.07 bits per heavy atom. The number of likely N-dealkylation sites (tertiary alicyclic amines) is 1. The van der Waals surface area contributed by atoms with Gasteiger partial charge in [0.05, 0.1) is 0 Å². The fraction of sp³-hybridized carbons (Fsp3) is 0.542. The number of rotatable bonds is 5. The highest BCUT2D eigenvalue weighted by Crippen LogP contribution is 2.31. The lowest BCUT2D eigenvalue weighted by atomic mass is 9.88. The molecule has 1 heterocycles. The van der Waals surface area contributed by atoms with Crippen LogP contribution in [0.15, 0.2) is 36.4 Å². The lowest BCUT2D eigenvalue weighted by Gasteiger charge is -2.42. The maximum Gasteiger partial charge on any atom is 0.260 e. The highest BCUT2D eigenvalue weighted by atomic mass is 16.5. The van der Waals surface area contributed by atoms with Gasteiger partial charge in [0.1, 0.15) is 5.75 Å². The third-order valence-corrected chi connectivity index (χ3v) is 6.61. The number of hydrogen-bond acceptors (Lipinski definition) is 3. The number of hydrogen-bond donors (Lipinski definition) is 0. The molecule has 2 atom stereocenters. The van der Waals surface area contributed by atoms with Crippen LogP contribution in [0.25, 0.3) is 10.8 Å². The fourth-order valence-corrected chi connectivity index (χ4v) is 5.01. The van der Waals surface area contributed by atoms with Gasteiger partial charge in [-0.05, 0) is 56.6 Å². The Kier molecular flexibility index (Phi) is 5.86. The van der Waals surface area contributed by atoms with E-state index >= 15 is 0 Å². The van der Waals surface area contributed by atoms with Gasteiger partial charge < -0.3 is 9.64 Å². The molecule has 1 aliphatic carbocycles. The monoisotopic (exact) mass is 380 g/mol. The summed E-state index contributed by atoms with van der Waals surface area (Å²) in [6.45, 7) is 4.53. The maximum atomic E-state index is 13.0. The lowest BCUT2D eigenvalue weighted by molar-refractivity contribution is -0.136. The molecular weight excluding hydrogens is 348 g/mol. The highest BCUT2D eigenvalue weighted by molar-refractivity contribution is 5.90. The van der Waals surface area contributed by atoms with Gasteiger partial charge in [-0.2, -0.15) is 0 Å². The van der Waals surface area contributed by atoms with Crippen LogP contribution in [0.2, 0.25) is 0 Å². The van der Waals surface area contributed by atoms with Crippen LogP contribution in [-0.4, -0.2) is 54.5 Å². The van der Waals surface area contributed by atoms with Gasteiger partial charge in [0.2, 0.25) is 0 Å². The number of amides is 1. The van der Waals surface area contributed by atoms with Gasteiger partial charge in [0.25, 0.3) is 5.91 Å². The van der Waals surface area contributed by atoms with E-state index in [1.807, 2.05) is 31.0 Å². The molecule has 0 radical (unpaired) electrons. The summed E-state index contributed by atoms with van der Waals surface area (Å²) in [5.41, 5.74) is 1.07. The van der Waals surface area contributed by atoms with Crippen molar-refractivity contribution in [2.45, 2.75) is 57.5 Å². The van der Waals surface area contributed by atoms with Crippen LogP contribution in [0.5, 0.6) is 5.75 Å². The zero-order chi connectivity index (χ0) is 19.5. The van der Waals surface area contributed by atoms with E-state index in [4.69, 9.17) is 4.74 Å². The molecule has 1 saturated heterocycles. The number of likely N-dealkylation sites (N-methyl/N-ethyl adjacent to an activating group) is 1. The molecule has 0 bridgehead atoms. The highest BCUT2D eigenvalue weighted by Gasteiger charge is 2.35. The first-order chi connectivity index (χ1) is 13.6. The van der Waals surface area contributed by atoms with Gasteiger partial charge >= 0.3 is 0 Å². The second kappa shape index (κ2) is 8.52. The first-order valence-corrected chi connectivity index (χ1v) is 10.8. The molecule has 0 aromatic heterocycles. The van der Waals surface area contributed by atoms with Crippen LogP contribution in [-0.2, 0) is 4.79 Å². The van der Waals surface area contributed by atoms with E-state index in [1.165, 1.54) is 45.2 Å². The SMILES string of the molecule is Cc1ccc2ccccc2c1OCC(=O)N(C)[C@@H]1CCCC[C@H]1N1CCCC1. The van der Waals surface area contributed by atoms with Crippen molar-refractivity contribution in [2.75, 3.05) is 26.7 Å². The third kappa shape index (κ3) is 3.88. The normalized spacial score (nSPS) is 23.1. The fourth-order valence-electron chi connectivity index (χ4n) is 5.01. The topological polar surface area (TPSA) is 32.8 Å². The third-order valence-electron chi connectivity index (χ3n) is 6.61. The molecule has 2 aromatic carbocycles. The molecule has 4 nitrogen and oxygen atoms in total. The van der Waals surface area contributed by atoms with Gasteiger partial charge in [-0.15, -0.1) is 0 Å². The average molecular weight is 381 g/mol. The minimum atomic E-state index is 0.0865. The number of fused-ring (bicyclic) bond motifs is 1. The quantitative estimate of drug-likeness (QED) is 0.771. The minimum absolute atomic E-state index is 0.0865. The van der Waals surface area contributed by atoms with Gasteiger partial charge in [0, 0.05) is 24.5 Å². The molecule has 1 aliphatic heterocycles. The molecule has 0 N–H and O–H groups in total. The standard InChI is InChI=1S/C24H32N2O2/c1-18-13-14-19-9-3-4-10-20(19)24(18)28-17-23(27)25(2)21-11-5-6-12-22(21)26-15-7-8-16-26/h3-4,9-10,13-14,21-22H,5-8,11-12,15-17H2,1-2H3/t21-,22-/m1/s1. The smallest absolute Gasteiger partial charge is 0.260 e. The summed E-state index contributed by atoms with van der Waals surface area (Å²) in [4.78, 5) is 17.6. The van der Waals surface area contributed by atoms with E-state index in [-0.39, 0.29) is 12.5 Å². The Balaban J connectivity index is 1.45. The van der Waals surface area contributed by atoms with Gasteiger partial charge in [0.15, 0.2) is 6.61 Å². The van der Waals surface area contributed by atoms with E-state index in [9.17, 15) is 4.79 Å². The molecule has 0 unspecified atom stereocenters. The van der Waals surface area contributed by atoms with Crippen molar-refractivity contribution in [3.63, 3.8) is 0 Å². The van der Waals surface area contributed by atoms with Crippen molar-refractivity contribution < 1.29 is 9.53 Å². The number of aryl methyl sites for hydroxylation is 1. The number of carbonyl (C=O) groups is 1. The molecule has 4 heteroatoms. The summed E-state index contributed by atoms with van der Waals surface area (Å²) in [6.07, 6.45) is 7.41. The van der Waals surface area contributed by atoms with Crippen molar-refractivity contribution in [1.29, 1.82) is 0 Å². The molecule has 1 saturated carbocycles. The minimum Gasteiger partial charge on any atom is -0.483 e. The zero-order valence-electron chi connectivity index (χ0n) is 17.2. The van der Waals surface area contributed by atoms with E-state index in [0.29, 0.717) is 12.1 Å². The largest absolute Gasteiger partial charge is 0.483 e. The molecule has 150 valence electrons. The van der Waals surface area contributed by atoms with Gasteiger partial charge in [-0.25, -0.2) is 0 Å². The summed E-state index contributed by atoms with van der Waals surface area (Å²) in [6, 6.07) is 13.2. The summed E-state index contributed by atoms with van der Waals surface area (Å²) in [5, 5.41) is 2.22. The van der Waals surface area contributed by atoms with Crippen molar-refractivity contribution in [2.24, 2.45) is 0 Å². The van der Waals surface area contributed by atoms with Crippen molar-refractivity contribution in [3.8, 4) is 5.75 Å². The molecule has 2 aliphatic rings. The van der Waals surface area contributed by atoms with Crippen molar-refractivity contribution in [1.82, 2.24) is 9.80 Å². The van der Waals surface area contributed by atoms with Crippen LogP contribution in [0, 0.1) is 6.92 Å². The predicted octanol–water partition coefficient (Wildman–Crippen LogP) is 4.39. The predicted molar refractivity (Wildman–Crippen MR) is 114 cm³/mol. The molecule has 2 aromatic rings. The number of carbonyl (C=O) groups excluding carboxylic acids is 1. The van der Waals surface area contributed by atoms with E-state index in [1.54, 1.807) is 0 Å². The molecule has 0 spiro atoms. The average Bonchev–Trinajstić information content (AvgIpc) is 3.27. The zero-order valence-corrected chi connectivity index (χ0v) is 17.2. The Labute approximate surface area is 168 Å². The second-order valence-electron chi connectivity index (χ2n) is 8.39. The van der Waals surface area contributed by atoms with Crippen molar-refractivity contribution in [3.05, 3.63) is 42.0 Å². The summed E-state index contributed by atoms with van der Waals surface area (Å²) in [7, 11) is 1.97. The Morgan fingerprint density at radius 2 is 1.82 bits per heavy atom. The summed E-state index contributed by atoms with van der Waals surface area (Å²) < 4.78 is 6.08. The molecular formula is C24H32N2O2. The molecule has 4 rings (SSSR count). The first kappa shape index (κ1) is 19.3. The number of benzene rings is 2. The maximum absolute atomic E-state index is 13.0. The Hall–Kier alpha value is -2.07. The Bertz CT molecular complexity index is 828. The van der Waals surface area contributed by atoms with E-state index in [2.05, 4.69) is 29.2 Å². The van der Waals surface area contributed by atoms with Crippen LogP contribution in [0.3, 0.4) is 0 Å². The summed E-state index contributed by atoms with van der Waals surface area (Å²) in [5.74, 6) is 0.919. The molecule has 1 amide bonds. The van der Waals surface area contributed by atoms with E-state index < -0.39 is 0 Å². The van der Waals surface area contributed by atoms with Crippen LogP contribution < -0.4 is 4.74 Å². The summed E-state index contributed by atoms with van der Waals surface area (Å²) >= 11 is 0. The van der Waals surface area contributed by atoms with E-state index in [0.717, 1.165) is 28.5 Å². The van der Waals surface area contributed by atoms with Crippen LogP contribution in [0.4, 0.5) is 0 Å². The molecule has 28 heavy (non-hydrogen) atoms.